The summed E-state index contributed by atoms with van der Waals surface area (Å²) in [5.41, 5.74) is 2.82. The molecule has 1 heterocycles. The average Bonchev–Trinajstić information content (AvgIpc) is 3.32. The number of nitrogens with zero attached hydrogens (tertiary/aromatic N) is 2. The normalized spacial score (nSPS) is 13.8. The summed E-state index contributed by atoms with van der Waals surface area (Å²) in [6, 6.07) is 12.2. The lowest BCUT2D eigenvalue weighted by molar-refractivity contribution is 0.0948. The quantitative estimate of drug-likeness (QED) is 0.737. The van der Waals surface area contributed by atoms with E-state index in [-0.39, 0.29) is 5.91 Å². The minimum atomic E-state index is -0.0871. The first-order valence-electron chi connectivity index (χ1n) is 8.41. The number of aromatic nitrogens is 2. The molecular formula is C18H24N4O. The van der Waals surface area contributed by atoms with Gasteiger partial charge in [0.05, 0.1) is 0 Å². The summed E-state index contributed by atoms with van der Waals surface area (Å²) in [4.78, 5) is 14.4. The summed E-state index contributed by atoms with van der Waals surface area (Å²) in [7, 11) is 0. The first kappa shape index (κ1) is 15.6. The fraction of sp³-hybridized carbons (Fsp3) is 0.444. The van der Waals surface area contributed by atoms with E-state index in [1.165, 1.54) is 18.5 Å². The molecule has 5 nitrogen and oxygen atoms in total. The van der Waals surface area contributed by atoms with Crippen LogP contribution in [-0.4, -0.2) is 35.7 Å². The second kappa shape index (κ2) is 7.31. The van der Waals surface area contributed by atoms with E-state index in [0.29, 0.717) is 18.2 Å². The van der Waals surface area contributed by atoms with Crippen LogP contribution in [0.25, 0.3) is 0 Å². The number of nitrogens with one attached hydrogen (secondary N) is 2. The van der Waals surface area contributed by atoms with Gasteiger partial charge in [0, 0.05) is 36.9 Å². The molecule has 3 rings (SSSR count). The zero-order chi connectivity index (χ0) is 16.1. The molecule has 1 amide bonds. The van der Waals surface area contributed by atoms with Gasteiger partial charge in [-0.3, -0.25) is 9.89 Å². The smallest absolute Gasteiger partial charge is 0.271 e. The van der Waals surface area contributed by atoms with E-state index in [9.17, 15) is 4.79 Å². The predicted molar refractivity (Wildman–Crippen MR) is 91.8 cm³/mol. The van der Waals surface area contributed by atoms with Crippen LogP contribution in [0.15, 0.2) is 36.4 Å². The van der Waals surface area contributed by atoms with Crippen LogP contribution in [-0.2, 0) is 0 Å². The molecule has 0 bridgehead atoms. The molecule has 2 N–H and O–H groups in total. The Morgan fingerprint density at radius 1 is 1.35 bits per heavy atom. The monoisotopic (exact) mass is 312 g/mol. The molecule has 5 heteroatoms. The van der Waals surface area contributed by atoms with Crippen molar-refractivity contribution in [2.75, 3.05) is 24.5 Å². The molecule has 0 atom stereocenters. The number of hydrogen-bond donors (Lipinski definition) is 2. The molecule has 1 fully saturated rings. The van der Waals surface area contributed by atoms with E-state index in [4.69, 9.17) is 0 Å². The van der Waals surface area contributed by atoms with Gasteiger partial charge in [-0.15, -0.1) is 0 Å². The molecule has 0 aliphatic heterocycles. The minimum absolute atomic E-state index is 0.0871. The van der Waals surface area contributed by atoms with Crippen LogP contribution in [0.1, 0.15) is 48.3 Å². The van der Waals surface area contributed by atoms with Crippen molar-refractivity contribution in [2.45, 2.75) is 32.1 Å². The highest BCUT2D eigenvalue weighted by Crippen LogP contribution is 2.38. The standard InChI is InChI=1S/C18H24N4O/c1-2-22(15-7-4-3-5-8-15)12-6-11-19-18(23)17-13-16(20-21-17)14-9-10-14/h3-5,7-8,13-14H,2,6,9-12H2,1H3,(H,19,23)(H,20,21). The number of rotatable bonds is 8. The van der Waals surface area contributed by atoms with E-state index in [1.807, 2.05) is 12.1 Å². The van der Waals surface area contributed by atoms with Crippen molar-refractivity contribution in [1.29, 1.82) is 0 Å². The van der Waals surface area contributed by atoms with Crippen LogP contribution < -0.4 is 10.2 Å². The zero-order valence-electron chi connectivity index (χ0n) is 13.6. The molecule has 1 aromatic carbocycles. The molecule has 122 valence electrons. The first-order chi connectivity index (χ1) is 11.3. The third kappa shape index (κ3) is 4.12. The maximum Gasteiger partial charge on any atom is 0.271 e. The van der Waals surface area contributed by atoms with Gasteiger partial charge in [0.1, 0.15) is 5.69 Å². The van der Waals surface area contributed by atoms with Crippen LogP contribution in [0.2, 0.25) is 0 Å². The molecule has 0 spiro atoms. The summed E-state index contributed by atoms with van der Waals surface area (Å²) < 4.78 is 0. The number of anilines is 1. The Bertz CT molecular complexity index is 633. The molecule has 0 saturated heterocycles. The van der Waals surface area contributed by atoms with Crippen molar-refractivity contribution in [3.05, 3.63) is 47.8 Å². The van der Waals surface area contributed by atoms with Crippen LogP contribution in [0, 0.1) is 0 Å². The van der Waals surface area contributed by atoms with Gasteiger partial charge in [0.25, 0.3) is 5.91 Å². The summed E-state index contributed by atoms with van der Waals surface area (Å²) in [5.74, 6) is 0.504. The van der Waals surface area contributed by atoms with Crippen molar-refractivity contribution >= 4 is 11.6 Å². The molecule has 1 aromatic heterocycles. The molecule has 0 radical (unpaired) electrons. The largest absolute Gasteiger partial charge is 0.372 e. The molecular weight excluding hydrogens is 288 g/mol. The van der Waals surface area contributed by atoms with Crippen LogP contribution >= 0.6 is 0 Å². The van der Waals surface area contributed by atoms with Crippen molar-refractivity contribution < 1.29 is 4.79 Å². The number of benzene rings is 1. The van der Waals surface area contributed by atoms with Gasteiger partial charge in [-0.2, -0.15) is 5.10 Å². The lowest BCUT2D eigenvalue weighted by Gasteiger charge is -2.23. The van der Waals surface area contributed by atoms with E-state index in [2.05, 4.69) is 51.6 Å². The lowest BCUT2D eigenvalue weighted by atomic mass is 10.2. The molecule has 1 aliphatic carbocycles. The van der Waals surface area contributed by atoms with Crippen LogP contribution in [0.3, 0.4) is 0 Å². The Kier molecular flexibility index (Phi) is 4.95. The summed E-state index contributed by atoms with van der Waals surface area (Å²) in [6.45, 7) is 4.69. The topological polar surface area (TPSA) is 61.0 Å². The Morgan fingerprint density at radius 2 is 2.13 bits per heavy atom. The van der Waals surface area contributed by atoms with E-state index < -0.39 is 0 Å². The van der Waals surface area contributed by atoms with Crippen LogP contribution in [0.5, 0.6) is 0 Å². The third-order valence-electron chi connectivity index (χ3n) is 4.24. The average molecular weight is 312 g/mol. The van der Waals surface area contributed by atoms with Crippen molar-refractivity contribution in [1.82, 2.24) is 15.5 Å². The van der Waals surface area contributed by atoms with Gasteiger partial charge in [-0.1, -0.05) is 18.2 Å². The Hall–Kier alpha value is -2.30. The molecule has 0 unspecified atom stereocenters. The van der Waals surface area contributed by atoms with Crippen molar-refractivity contribution in [3.8, 4) is 0 Å². The van der Waals surface area contributed by atoms with Gasteiger partial charge in [-0.25, -0.2) is 0 Å². The molecule has 2 aromatic rings. The van der Waals surface area contributed by atoms with Crippen molar-refractivity contribution in [3.63, 3.8) is 0 Å². The van der Waals surface area contributed by atoms with E-state index >= 15 is 0 Å². The van der Waals surface area contributed by atoms with E-state index in [1.54, 1.807) is 0 Å². The third-order valence-corrected chi connectivity index (χ3v) is 4.24. The first-order valence-corrected chi connectivity index (χ1v) is 8.41. The summed E-state index contributed by atoms with van der Waals surface area (Å²) in [5, 5.41) is 10.0. The molecule has 23 heavy (non-hydrogen) atoms. The highest BCUT2D eigenvalue weighted by atomic mass is 16.1. The Labute approximate surface area is 137 Å². The zero-order valence-corrected chi connectivity index (χ0v) is 13.6. The maximum absolute atomic E-state index is 12.1. The van der Waals surface area contributed by atoms with Gasteiger partial charge >= 0.3 is 0 Å². The molecule has 1 saturated carbocycles. The van der Waals surface area contributed by atoms with Crippen LogP contribution in [0.4, 0.5) is 5.69 Å². The van der Waals surface area contributed by atoms with Gasteiger partial charge < -0.3 is 10.2 Å². The fourth-order valence-corrected chi connectivity index (χ4v) is 2.73. The number of carbonyl (C=O) groups is 1. The predicted octanol–water partition coefficient (Wildman–Crippen LogP) is 2.93. The van der Waals surface area contributed by atoms with Crippen molar-refractivity contribution in [2.24, 2.45) is 0 Å². The van der Waals surface area contributed by atoms with Gasteiger partial charge in [0.2, 0.25) is 0 Å². The number of amides is 1. The number of carbonyl (C=O) groups excluding carboxylic acids is 1. The minimum Gasteiger partial charge on any atom is -0.372 e. The molecule has 1 aliphatic rings. The SMILES string of the molecule is CCN(CCCNC(=O)c1cc(C2CC2)[nH]n1)c1ccccc1. The highest BCUT2D eigenvalue weighted by Gasteiger charge is 2.26. The second-order valence-electron chi connectivity index (χ2n) is 6.01. The summed E-state index contributed by atoms with van der Waals surface area (Å²) >= 11 is 0. The van der Waals surface area contributed by atoms with Gasteiger partial charge in [0.15, 0.2) is 0 Å². The number of hydrogen-bond acceptors (Lipinski definition) is 3. The van der Waals surface area contributed by atoms with Gasteiger partial charge in [-0.05, 0) is 44.4 Å². The highest BCUT2D eigenvalue weighted by molar-refractivity contribution is 5.92. The number of aromatic amines is 1. The second-order valence-corrected chi connectivity index (χ2v) is 6.01. The lowest BCUT2D eigenvalue weighted by Crippen LogP contribution is -2.30. The van der Waals surface area contributed by atoms with E-state index in [0.717, 1.165) is 25.2 Å². The Morgan fingerprint density at radius 3 is 2.83 bits per heavy atom. The maximum atomic E-state index is 12.1. The fourth-order valence-electron chi connectivity index (χ4n) is 2.73. The number of para-hydroxylation sites is 1. The Balaban J connectivity index is 1.42. The number of H-pyrrole nitrogens is 1. The summed E-state index contributed by atoms with van der Waals surface area (Å²) in [6.07, 6.45) is 3.32.